The van der Waals surface area contributed by atoms with Gasteiger partial charge in [-0.3, -0.25) is 4.79 Å². The van der Waals surface area contributed by atoms with Crippen LogP contribution in [0.3, 0.4) is 0 Å². The molecule has 21 heavy (non-hydrogen) atoms. The monoisotopic (exact) mass is 366 g/mol. The number of fused-ring (bicyclic) bond motifs is 1. The summed E-state index contributed by atoms with van der Waals surface area (Å²) in [6.07, 6.45) is 0. The minimum Gasteiger partial charge on any atom is -0.486 e. The van der Waals surface area contributed by atoms with Gasteiger partial charge in [0, 0.05) is 21.7 Å². The smallest absolute Gasteiger partial charge is 0.194 e. The van der Waals surface area contributed by atoms with Crippen LogP contribution in [0.1, 0.15) is 21.5 Å². The molecule has 0 saturated heterocycles. The van der Waals surface area contributed by atoms with Gasteiger partial charge in [-0.15, -0.1) is 0 Å². The van der Waals surface area contributed by atoms with E-state index in [1.807, 2.05) is 19.1 Å². The summed E-state index contributed by atoms with van der Waals surface area (Å²) in [6.45, 7) is 2.85. The Kier molecular flexibility index (Phi) is 3.91. The van der Waals surface area contributed by atoms with Crippen molar-refractivity contribution in [3.8, 4) is 11.5 Å². The van der Waals surface area contributed by atoms with E-state index in [4.69, 9.17) is 21.1 Å². The van der Waals surface area contributed by atoms with Crippen LogP contribution in [0, 0.1) is 6.92 Å². The Bertz CT molecular complexity index is 728. The lowest BCUT2D eigenvalue weighted by molar-refractivity contribution is 0.103. The van der Waals surface area contributed by atoms with Crippen molar-refractivity contribution in [3.05, 3.63) is 56.5 Å². The molecule has 0 radical (unpaired) electrons. The van der Waals surface area contributed by atoms with Gasteiger partial charge < -0.3 is 9.47 Å². The second-order valence-corrected chi connectivity index (χ2v) is 5.98. The van der Waals surface area contributed by atoms with E-state index in [1.54, 1.807) is 18.2 Å². The Morgan fingerprint density at radius 3 is 2.52 bits per heavy atom. The topological polar surface area (TPSA) is 35.5 Å². The van der Waals surface area contributed by atoms with Crippen molar-refractivity contribution in [2.75, 3.05) is 13.2 Å². The maximum absolute atomic E-state index is 12.7. The second kappa shape index (κ2) is 5.70. The molecule has 2 aromatic rings. The molecule has 0 fully saturated rings. The van der Waals surface area contributed by atoms with E-state index in [2.05, 4.69) is 15.9 Å². The number of benzene rings is 2. The lowest BCUT2D eigenvalue weighted by Crippen LogP contribution is -2.16. The van der Waals surface area contributed by atoms with Crippen LogP contribution in [0.4, 0.5) is 0 Å². The fourth-order valence-electron chi connectivity index (χ4n) is 2.24. The van der Waals surface area contributed by atoms with E-state index in [0.29, 0.717) is 40.9 Å². The van der Waals surface area contributed by atoms with E-state index in [-0.39, 0.29) is 5.78 Å². The van der Waals surface area contributed by atoms with Crippen LogP contribution in [0.5, 0.6) is 11.5 Å². The van der Waals surface area contributed by atoms with Crippen LogP contribution in [-0.4, -0.2) is 19.0 Å². The molecular formula is C16H12BrClO3. The Balaban J connectivity index is 2.07. The third kappa shape index (κ3) is 2.65. The van der Waals surface area contributed by atoms with Gasteiger partial charge in [-0.2, -0.15) is 0 Å². The van der Waals surface area contributed by atoms with E-state index in [9.17, 15) is 4.79 Å². The van der Waals surface area contributed by atoms with Gasteiger partial charge in [-0.1, -0.05) is 39.7 Å². The van der Waals surface area contributed by atoms with E-state index >= 15 is 0 Å². The maximum atomic E-state index is 12.7. The highest BCUT2D eigenvalue weighted by Crippen LogP contribution is 2.36. The molecule has 5 heteroatoms. The Morgan fingerprint density at radius 1 is 1.14 bits per heavy atom. The minimum atomic E-state index is -0.129. The number of carbonyl (C=O) groups excluding carboxylic acids is 1. The first-order valence-corrected chi connectivity index (χ1v) is 7.64. The summed E-state index contributed by atoms with van der Waals surface area (Å²) in [5, 5.41) is 0.364. The van der Waals surface area contributed by atoms with Gasteiger partial charge in [0.2, 0.25) is 0 Å². The average molecular weight is 368 g/mol. The number of halogens is 2. The van der Waals surface area contributed by atoms with Gasteiger partial charge in [-0.25, -0.2) is 0 Å². The van der Waals surface area contributed by atoms with Crippen LogP contribution >= 0.6 is 27.5 Å². The highest BCUT2D eigenvalue weighted by Gasteiger charge is 2.21. The first kappa shape index (κ1) is 14.4. The third-order valence-electron chi connectivity index (χ3n) is 3.39. The van der Waals surface area contributed by atoms with Crippen molar-refractivity contribution >= 4 is 33.3 Å². The predicted molar refractivity (Wildman–Crippen MR) is 84.8 cm³/mol. The van der Waals surface area contributed by atoms with Crippen LogP contribution in [0.2, 0.25) is 5.02 Å². The predicted octanol–water partition coefficient (Wildman–Crippen LogP) is 4.41. The third-order valence-corrected chi connectivity index (χ3v) is 4.56. The zero-order valence-electron chi connectivity index (χ0n) is 11.3. The van der Waals surface area contributed by atoms with Crippen LogP contribution in [0.25, 0.3) is 0 Å². The van der Waals surface area contributed by atoms with Gasteiger partial charge in [-0.05, 0) is 24.6 Å². The van der Waals surface area contributed by atoms with Crippen LogP contribution < -0.4 is 9.47 Å². The summed E-state index contributed by atoms with van der Waals surface area (Å²) >= 11 is 9.67. The number of hydrogen-bond donors (Lipinski definition) is 0. The van der Waals surface area contributed by atoms with Crippen molar-refractivity contribution in [1.82, 2.24) is 0 Å². The number of ketones is 1. The van der Waals surface area contributed by atoms with E-state index < -0.39 is 0 Å². The highest BCUT2D eigenvalue weighted by molar-refractivity contribution is 9.10. The number of hydrogen-bond acceptors (Lipinski definition) is 3. The lowest BCUT2D eigenvalue weighted by Gasteiger charge is -2.19. The highest BCUT2D eigenvalue weighted by atomic mass is 79.9. The van der Waals surface area contributed by atoms with Crippen LogP contribution in [-0.2, 0) is 0 Å². The zero-order chi connectivity index (χ0) is 15.0. The zero-order valence-corrected chi connectivity index (χ0v) is 13.6. The fourth-order valence-corrected chi connectivity index (χ4v) is 2.84. The summed E-state index contributed by atoms with van der Waals surface area (Å²) in [4.78, 5) is 12.7. The molecule has 1 aliphatic rings. The maximum Gasteiger partial charge on any atom is 0.194 e. The summed E-state index contributed by atoms with van der Waals surface area (Å²) < 4.78 is 11.9. The molecule has 2 aromatic carbocycles. The Morgan fingerprint density at radius 2 is 1.81 bits per heavy atom. The summed E-state index contributed by atoms with van der Waals surface area (Å²) in [5.41, 5.74) is 1.92. The molecule has 108 valence electrons. The Labute approximate surface area is 136 Å². The Hall–Kier alpha value is -1.52. The normalized spacial score (nSPS) is 13.1. The molecule has 0 spiro atoms. The molecular weight excluding hydrogens is 356 g/mol. The molecule has 0 atom stereocenters. The van der Waals surface area contributed by atoms with Crippen molar-refractivity contribution in [1.29, 1.82) is 0 Å². The molecule has 3 nitrogen and oxygen atoms in total. The molecule has 0 N–H and O–H groups in total. The number of rotatable bonds is 2. The molecule has 3 rings (SSSR count). The molecule has 0 amide bonds. The van der Waals surface area contributed by atoms with Crippen molar-refractivity contribution in [3.63, 3.8) is 0 Å². The SMILES string of the molecule is Cc1c(Br)cccc1C(=O)c1cc2c(cc1Cl)OCCO2. The first-order chi connectivity index (χ1) is 10.1. The summed E-state index contributed by atoms with van der Waals surface area (Å²) in [6, 6.07) is 8.80. The molecule has 0 bridgehead atoms. The quantitative estimate of drug-likeness (QED) is 0.737. The number of ether oxygens (including phenoxy) is 2. The molecule has 0 aromatic heterocycles. The average Bonchev–Trinajstić information content (AvgIpc) is 2.48. The molecule has 1 heterocycles. The van der Waals surface area contributed by atoms with Gasteiger partial charge in [0.05, 0.1) is 5.02 Å². The molecule has 0 unspecified atom stereocenters. The summed E-state index contributed by atoms with van der Waals surface area (Å²) in [5.74, 6) is 1.01. The molecule has 1 aliphatic heterocycles. The molecule has 0 aliphatic carbocycles. The van der Waals surface area contributed by atoms with Gasteiger partial charge in [0.15, 0.2) is 17.3 Å². The van der Waals surface area contributed by atoms with Gasteiger partial charge >= 0.3 is 0 Å². The van der Waals surface area contributed by atoms with Crippen molar-refractivity contribution < 1.29 is 14.3 Å². The van der Waals surface area contributed by atoms with Crippen molar-refractivity contribution in [2.24, 2.45) is 0 Å². The van der Waals surface area contributed by atoms with Crippen LogP contribution in [0.15, 0.2) is 34.8 Å². The second-order valence-electron chi connectivity index (χ2n) is 4.72. The number of carbonyl (C=O) groups is 1. The van der Waals surface area contributed by atoms with E-state index in [1.165, 1.54) is 0 Å². The van der Waals surface area contributed by atoms with Gasteiger partial charge in [0.25, 0.3) is 0 Å². The van der Waals surface area contributed by atoms with Gasteiger partial charge in [0.1, 0.15) is 13.2 Å². The summed E-state index contributed by atoms with van der Waals surface area (Å²) in [7, 11) is 0. The minimum absolute atomic E-state index is 0.129. The standard InChI is InChI=1S/C16H12BrClO3/c1-9-10(3-2-4-12(9)17)16(19)11-7-14-15(8-13(11)18)21-6-5-20-14/h2-4,7-8H,5-6H2,1H3. The van der Waals surface area contributed by atoms with Crippen molar-refractivity contribution in [2.45, 2.75) is 6.92 Å². The first-order valence-electron chi connectivity index (χ1n) is 6.47. The molecule has 0 saturated carbocycles. The van der Waals surface area contributed by atoms with E-state index in [0.717, 1.165) is 10.0 Å². The fraction of sp³-hybridized carbons (Fsp3) is 0.188. The lowest BCUT2D eigenvalue weighted by atomic mass is 9.98. The largest absolute Gasteiger partial charge is 0.486 e.